The molecule has 0 aromatic heterocycles. The van der Waals surface area contributed by atoms with Gasteiger partial charge in [0.25, 0.3) is 0 Å². The maximum atomic E-state index is 12.5. The number of benzene rings is 5. The van der Waals surface area contributed by atoms with Gasteiger partial charge in [-0.15, -0.1) is 0 Å². The summed E-state index contributed by atoms with van der Waals surface area (Å²) in [6.45, 7) is 34.4. The van der Waals surface area contributed by atoms with Crippen molar-refractivity contribution in [3.8, 4) is 56.0 Å². The molecule has 4 heteroatoms. The number of likely N-dealkylation sites (N-methyl/N-ethyl adjacent to an activating group) is 1. The van der Waals surface area contributed by atoms with Gasteiger partial charge >= 0.3 is 0 Å². The first-order valence-electron chi connectivity index (χ1n) is 20.6. The highest BCUT2D eigenvalue weighted by Gasteiger charge is 2.27. The second-order valence-corrected chi connectivity index (χ2v) is 20.6. The maximum Gasteiger partial charge on any atom is 0.131 e. The average Bonchev–Trinajstić information content (AvgIpc) is 3.10. The lowest BCUT2D eigenvalue weighted by Gasteiger charge is -2.29. The van der Waals surface area contributed by atoms with Crippen molar-refractivity contribution in [3.63, 3.8) is 0 Å². The fourth-order valence-corrected chi connectivity index (χ4v) is 7.65. The zero-order valence-corrected chi connectivity index (χ0v) is 38.1. The summed E-state index contributed by atoms with van der Waals surface area (Å²) in [7, 11) is 3.79. The molecule has 0 fully saturated rings. The summed E-state index contributed by atoms with van der Waals surface area (Å²) < 4.78 is 5.60. The number of anilines is 1. The second kappa shape index (κ2) is 15.7. The lowest BCUT2D eigenvalue weighted by atomic mass is 9.78. The van der Waals surface area contributed by atoms with Crippen molar-refractivity contribution in [1.29, 1.82) is 0 Å². The standard InChI is InChI=1S/C53H69NO3/c1-32-20-41(35-26-37(50(4,5)6)30-38(27-35)51(7,8)9)48(55)45(24-32)43-22-34(3)23-44(47(43)54(16)18-19-57-17)46-25-33(2)21-42(49(46)56)36-28-39(52(10,11)12)31-40(29-36)53(13,14)15/h20-31,55-56H,18-19H2,1-17H3. The van der Waals surface area contributed by atoms with Gasteiger partial charge in [0.05, 0.1) is 12.3 Å². The van der Waals surface area contributed by atoms with Crippen molar-refractivity contribution >= 4 is 5.69 Å². The minimum Gasteiger partial charge on any atom is -0.507 e. The summed E-state index contributed by atoms with van der Waals surface area (Å²) in [6, 6.07) is 26.3. The SMILES string of the molecule is COCCN(C)c1c(-c2cc(C)cc(-c3cc(C(C)(C)C)cc(C(C)(C)C)c3)c2O)cc(C)cc1-c1cc(C)cc(-c2cc(C(C)(C)C)cc(C(C)(C)C)c2)c1O. The molecular formula is C53H69NO3. The smallest absolute Gasteiger partial charge is 0.131 e. The number of aryl methyl sites for hydroxylation is 3. The number of ether oxygens (including phenoxy) is 1. The Labute approximate surface area is 345 Å². The van der Waals surface area contributed by atoms with Gasteiger partial charge in [-0.2, -0.15) is 0 Å². The molecule has 0 radical (unpaired) electrons. The molecule has 57 heavy (non-hydrogen) atoms. The van der Waals surface area contributed by atoms with Crippen LogP contribution in [-0.4, -0.2) is 37.5 Å². The van der Waals surface area contributed by atoms with Crippen LogP contribution in [0.3, 0.4) is 0 Å². The molecule has 0 bridgehead atoms. The van der Waals surface area contributed by atoms with Crippen LogP contribution in [0.4, 0.5) is 5.69 Å². The first-order valence-corrected chi connectivity index (χ1v) is 20.6. The molecule has 0 saturated heterocycles. The molecule has 5 rings (SSSR count). The second-order valence-electron chi connectivity index (χ2n) is 20.6. The highest BCUT2D eigenvalue weighted by molar-refractivity contribution is 5.98. The Morgan fingerprint density at radius 1 is 0.439 bits per heavy atom. The van der Waals surface area contributed by atoms with E-state index in [2.05, 4.69) is 189 Å². The van der Waals surface area contributed by atoms with Crippen molar-refractivity contribution in [2.75, 3.05) is 32.2 Å². The van der Waals surface area contributed by atoms with Gasteiger partial charge in [0.1, 0.15) is 11.5 Å². The highest BCUT2D eigenvalue weighted by atomic mass is 16.5. The Morgan fingerprint density at radius 2 is 0.719 bits per heavy atom. The van der Waals surface area contributed by atoms with E-state index in [-0.39, 0.29) is 33.2 Å². The Morgan fingerprint density at radius 3 is 1.00 bits per heavy atom. The summed E-state index contributed by atoms with van der Waals surface area (Å²) in [5.41, 5.74) is 15.7. The summed E-state index contributed by atoms with van der Waals surface area (Å²) in [5.74, 6) is 0.486. The molecule has 5 aromatic carbocycles. The molecule has 0 saturated carbocycles. The topological polar surface area (TPSA) is 52.9 Å². The Bertz CT molecular complexity index is 2070. The molecule has 4 nitrogen and oxygen atoms in total. The van der Waals surface area contributed by atoms with Crippen LogP contribution in [0.1, 0.15) is 122 Å². The number of phenols is 2. The van der Waals surface area contributed by atoms with Gasteiger partial charge in [-0.05, 0) is 129 Å². The van der Waals surface area contributed by atoms with Gasteiger partial charge in [0, 0.05) is 54.1 Å². The lowest BCUT2D eigenvalue weighted by Crippen LogP contribution is -2.23. The van der Waals surface area contributed by atoms with E-state index in [1.54, 1.807) is 7.11 Å². The van der Waals surface area contributed by atoms with Crippen LogP contribution in [0.5, 0.6) is 11.5 Å². The summed E-state index contributed by atoms with van der Waals surface area (Å²) in [5, 5.41) is 25.0. The highest BCUT2D eigenvalue weighted by Crippen LogP contribution is 2.50. The molecule has 304 valence electrons. The maximum absolute atomic E-state index is 12.5. The van der Waals surface area contributed by atoms with E-state index in [1.165, 1.54) is 22.3 Å². The van der Waals surface area contributed by atoms with E-state index in [1.807, 2.05) is 0 Å². The van der Waals surface area contributed by atoms with Crippen LogP contribution in [0.2, 0.25) is 0 Å². The number of hydrogen-bond donors (Lipinski definition) is 2. The van der Waals surface area contributed by atoms with Crippen molar-refractivity contribution in [2.45, 2.75) is 126 Å². The summed E-state index contributed by atoms with van der Waals surface area (Å²) in [6.07, 6.45) is 0. The van der Waals surface area contributed by atoms with Crippen LogP contribution < -0.4 is 4.90 Å². The molecular weight excluding hydrogens is 699 g/mol. The van der Waals surface area contributed by atoms with Crippen molar-refractivity contribution in [1.82, 2.24) is 0 Å². The van der Waals surface area contributed by atoms with Crippen LogP contribution in [0.15, 0.2) is 72.8 Å². The monoisotopic (exact) mass is 768 g/mol. The normalized spacial score (nSPS) is 12.6. The van der Waals surface area contributed by atoms with Crippen molar-refractivity contribution in [3.05, 3.63) is 112 Å². The zero-order chi connectivity index (χ0) is 42.6. The third kappa shape index (κ3) is 9.44. The third-order valence-corrected chi connectivity index (χ3v) is 11.3. The van der Waals surface area contributed by atoms with Crippen LogP contribution in [0, 0.1) is 20.8 Å². The summed E-state index contributed by atoms with van der Waals surface area (Å²) in [4.78, 5) is 2.20. The van der Waals surface area contributed by atoms with E-state index < -0.39 is 0 Å². The summed E-state index contributed by atoms with van der Waals surface area (Å²) >= 11 is 0. The molecule has 0 amide bonds. The fourth-order valence-electron chi connectivity index (χ4n) is 7.65. The predicted molar refractivity (Wildman–Crippen MR) is 246 cm³/mol. The first kappa shape index (κ1) is 43.6. The van der Waals surface area contributed by atoms with Crippen LogP contribution >= 0.6 is 0 Å². The third-order valence-electron chi connectivity index (χ3n) is 11.3. The van der Waals surface area contributed by atoms with Crippen LogP contribution in [-0.2, 0) is 26.4 Å². The number of phenolic OH excluding ortho intramolecular Hbond substituents is 2. The molecule has 0 heterocycles. The minimum atomic E-state index is -0.0714. The average molecular weight is 768 g/mol. The molecule has 0 aliphatic rings. The molecule has 0 spiro atoms. The van der Waals surface area contributed by atoms with Crippen molar-refractivity contribution < 1.29 is 14.9 Å². The molecule has 5 aromatic rings. The molecule has 0 aliphatic heterocycles. The van der Waals surface area contributed by atoms with Gasteiger partial charge in [-0.25, -0.2) is 0 Å². The molecule has 0 unspecified atom stereocenters. The number of methoxy groups -OCH3 is 1. The van der Waals surface area contributed by atoms with E-state index in [0.29, 0.717) is 13.2 Å². The van der Waals surface area contributed by atoms with Gasteiger partial charge in [-0.1, -0.05) is 119 Å². The minimum absolute atomic E-state index is 0.0714. The number of aromatic hydroxyl groups is 2. The quantitative estimate of drug-likeness (QED) is 0.165. The number of hydrogen-bond acceptors (Lipinski definition) is 4. The van der Waals surface area contributed by atoms with Gasteiger partial charge in [0.2, 0.25) is 0 Å². The Hall–Kier alpha value is -4.54. The van der Waals surface area contributed by atoms with Crippen LogP contribution in [0.25, 0.3) is 44.5 Å². The molecule has 2 N–H and O–H groups in total. The predicted octanol–water partition coefficient (Wildman–Crippen LogP) is 14.0. The fraction of sp³-hybridized carbons (Fsp3) is 0.434. The van der Waals surface area contributed by atoms with Crippen molar-refractivity contribution in [2.24, 2.45) is 0 Å². The lowest BCUT2D eigenvalue weighted by molar-refractivity contribution is 0.206. The van der Waals surface area contributed by atoms with E-state index in [4.69, 9.17) is 4.74 Å². The first-order chi connectivity index (χ1) is 26.2. The molecule has 0 aliphatic carbocycles. The number of rotatable bonds is 8. The Kier molecular flexibility index (Phi) is 12.0. The van der Waals surface area contributed by atoms with Gasteiger partial charge < -0.3 is 19.8 Å². The van der Waals surface area contributed by atoms with E-state index >= 15 is 0 Å². The Balaban J connectivity index is 1.85. The zero-order valence-electron chi connectivity index (χ0n) is 38.1. The number of nitrogens with zero attached hydrogens (tertiary/aromatic N) is 1. The van der Waals surface area contributed by atoms with E-state index in [0.717, 1.165) is 66.9 Å². The largest absolute Gasteiger partial charge is 0.507 e. The van der Waals surface area contributed by atoms with Gasteiger partial charge in [0.15, 0.2) is 0 Å². The van der Waals surface area contributed by atoms with E-state index in [9.17, 15) is 10.2 Å². The molecule has 0 atom stereocenters. The van der Waals surface area contributed by atoms with Gasteiger partial charge in [-0.3, -0.25) is 0 Å².